The number of nitro groups is 1. The van der Waals surface area contributed by atoms with Gasteiger partial charge in [0.15, 0.2) is 0 Å². The van der Waals surface area contributed by atoms with Gasteiger partial charge >= 0.3 is 0 Å². The fraction of sp³-hybridized carbons (Fsp3) is 0.538. The smallest absolute Gasteiger partial charge is 0.272 e. The highest BCUT2D eigenvalue weighted by Gasteiger charge is 2.21. The van der Waals surface area contributed by atoms with E-state index in [0.29, 0.717) is 24.2 Å². The summed E-state index contributed by atoms with van der Waals surface area (Å²) in [4.78, 5) is 12.3. The Morgan fingerprint density at radius 1 is 1.37 bits per heavy atom. The van der Waals surface area contributed by atoms with Gasteiger partial charge in [-0.1, -0.05) is 0 Å². The van der Waals surface area contributed by atoms with Crippen LogP contribution in [0.15, 0.2) is 18.2 Å². The summed E-state index contributed by atoms with van der Waals surface area (Å²) in [6.45, 7) is 6.44. The quantitative estimate of drug-likeness (QED) is 0.671. The summed E-state index contributed by atoms with van der Waals surface area (Å²) in [5, 5.41) is 14.1. The first-order valence-electron chi connectivity index (χ1n) is 6.36. The van der Waals surface area contributed by atoms with Crippen LogP contribution in [0.25, 0.3) is 0 Å². The molecule has 1 aliphatic heterocycles. The van der Waals surface area contributed by atoms with Crippen molar-refractivity contribution in [1.82, 2.24) is 10.2 Å². The van der Waals surface area contributed by atoms with Crippen LogP contribution >= 0.6 is 0 Å². The van der Waals surface area contributed by atoms with Gasteiger partial charge in [0.2, 0.25) is 0 Å². The lowest BCUT2D eigenvalue weighted by molar-refractivity contribution is -0.385. The molecule has 1 aliphatic rings. The minimum Gasteiger partial charge on any atom is -0.309 e. The molecule has 2 rings (SSSR count). The lowest BCUT2D eigenvalue weighted by Crippen LogP contribution is -2.53. The van der Waals surface area contributed by atoms with Crippen LogP contribution in [-0.2, 0) is 6.54 Å². The Morgan fingerprint density at radius 3 is 2.58 bits per heavy atom. The number of non-ortho nitro benzene ring substituents is 1. The summed E-state index contributed by atoms with van der Waals surface area (Å²) in [7, 11) is 0. The Kier molecular flexibility index (Phi) is 4.11. The largest absolute Gasteiger partial charge is 0.309 e. The standard InChI is InChI=1S/C13H18FN3O2/c1-9-6-16(7-10(2)15-9)8-11-3-12(14)5-13(4-11)17(18)19/h3-5,9-10,15H,6-8H2,1-2H3. The topological polar surface area (TPSA) is 58.4 Å². The first-order valence-corrected chi connectivity index (χ1v) is 6.36. The SMILES string of the molecule is CC1CN(Cc2cc(F)cc([N+](=O)[O-])c2)CC(C)N1. The van der Waals surface area contributed by atoms with Crippen LogP contribution < -0.4 is 5.32 Å². The molecule has 0 radical (unpaired) electrons. The van der Waals surface area contributed by atoms with Crippen molar-refractivity contribution < 1.29 is 9.31 Å². The molecule has 1 aromatic rings. The Labute approximate surface area is 111 Å². The van der Waals surface area contributed by atoms with E-state index in [1.165, 1.54) is 12.1 Å². The number of nitro benzene ring substituents is 1. The third-order valence-electron chi connectivity index (χ3n) is 3.19. The molecular weight excluding hydrogens is 249 g/mol. The predicted octanol–water partition coefficient (Wildman–Crippen LogP) is 1.92. The summed E-state index contributed by atoms with van der Waals surface area (Å²) >= 11 is 0. The summed E-state index contributed by atoms with van der Waals surface area (Å²) in [6, 6.07) is 4.50. The van der Waals surface area contributed by atoms with E-state index < -0.39 is 10.7 Å². The summed E-state index contributed by atoms with van der Waals surface area (Å²) in [6.07, 6.45) is 0. The van der Waals surface area contributed by atoms with Crippen LogP contribution in [0.1, 0.15) is 19.4 Å². The fourth-order valence-corrected chi connectivity index (χ4v) is 2.66. The molecule has 19 heavy (non-hydrogen) atoms. The molecule has 1 saturated heterocycles. The molecule has 1 fully saturated rings. The number of nitrogens with zero attached hydrogens (tertiary/aromatic N) is 2. The van der Waals surface area contributed by atoms with Crippen LogP contribution in [0.3, 0.4) is 0 Å². The summed E-state index contributed by atoms with van der Waals surface area (Å²) < 4.78 is 13.4. The van der Waals surface area contributed by atoms with E-state index in [-0.39, 0.29) is 5.69 Å². The predicted molar refractivity (Wildman–Crippen MR) is 70.4 cm³/mol. The van der Waals surface area contributed by atoms with Gasteiger partial charge in [0.05, 0.1) is 11.0 Å². The molecule has 0 spiro atoms. The Balaban J connectivity index is 2.12. The molecule has 104 valence electrons. The molecule has 6 heteroatoms. The highest BCUT2D eigenvalue weighted by Crippen LogP contribution is 2.18. The van der Waals surface area contributed by atoms with Crippen molar-refractivity contribution in [3.63, 3.8) is 0 Å². The summed E-state index contributed by atoms with van der Waals surface area (Å²) in [5.41, 5.74) is 0.458. The second kappa shape index (κ2) is 5.63. The van der Waals surface area contributed by atoms with E-state index in [1.54, 1.807) is 0 Å². The van der Waals surface area contributed by atoms with Crippen molar-refractivity contribution in [2.75, 3.05) is 13.1 Å². The van der Waals surface area contributed by atoms with Gasteiger partial charge in [0.1, 0.15) is 5.82 Å². The molecule has 0 bridgehead atoms. The maximum atomic E-state index is 13.4. The van der Waals surface area contributed by atoms with Crippen LogP contribution in [0.4, 0.5) is 10.1 Å². The van der Waals surface area contributed by atoms with Crippen LogP contribution in [-0.4, -0.2) is 35.0 Å². The second-order valence-electron chi connectivity index (χ2n) is 5.24. The monoisotopic (exact) mass is 267 g/mol. The average molecular weight is 267 g/mol. The van der Waals surface area contributed by atoms with E-state index in [2.05, 4.69) is 24.1 Å². The number of hydrogen-bond acceptors (Lipinski definition) is 4. The van der Waals surface area contributed by atoms with Gasteiger partial charge in [-0.25, -0.2) is 4.39 Å². The maximum absolute atomic E-state index is 13.4. The van der Waals surface area contributed by atoms with Crippen molar-refractivity contribution in [2.24, 2.45) is 0 Å². The molecule has 1 aromatic carbocycles. The minimum absolute atomic E-state index is 0.189. The summed E-state index contributed by atoms with van der Waals surface area (Å²) in [5.74, 6) is -0.555. The molecule has 0 amide bonds. The molecular formula is C13H18FN3O2. The fourth-order valence-electron chi connectivity index (χ4n) is 2.66. The minimum atomic E-state index is -0.560. The van der Waals surface area contributed by atoms with Gasteiger partial charge in [0, 0.05) is 37.8 Å². The second-order valence-corrected chi connectivity index (χ2v) is 5.24. The molecule has 0 aromatic heterocycles. The Hall–Kier alpha value is -1.53. The number of hydrogen-bond donors (Lipinski definition) is 1. The van der Waals surface area contributed by atoms with Crippen molar-refractivity contribution in [3.8, 4) is 0 Å². The van der Waals surface area contributed by atoms with Crippen molar-refractivity contribution in [3.05, 3.63) is 39.7 Å². The van der Waals surface area contributed by atoms with E-state index in [9.17, 15) is 14.5 Å². The highest BCUT2D eigenvalue weighted by atomic mass is 19.1. The molecule has 0 saturated carbocycles. The van der Waals surface area contributed by atoms with E-state index in [0.717, 1.165) is 19.2 Å². The molecule has 2 unspecified atom stereocenters. The third kappa shape index (κ3) is 3.71. The van der Waals surface area contributed by atoms with Gasteiger partial charge in [-0.05, 0) is 25.5 Å². The van der Waals surface area contributed by atoms with Gasteiger partial charge in [-0.15, -0.1) is 0 Å². The highest BCUT2D eigenvalue weighted by molar-refractivity contribution is 5.35. The van der Waals surface area contributed by atoms with Gasteiger partial charge in [0.25, 0.3) is 5.69 Å². The zero-order chi connectivity index (χ0) is 14.0. The lowest BCUT2D eigenvalue weighted by atomic mass is 10.1. The van der Waals surface area contributed by atoms with Crippen LogP contribution in [0.2, 0.25) is 0 Å². The van der Waals surface area contributed by atoms with Crippen LogP contribution in [0, 0.1) is 15.9 Å². The van der Waals surface area contributed by atoms with E-state index in [1.807, 2.05) is 0 Å². The normalized spacial score (nSPS) is 24.4. The van der Waals surface area contributed by atoms with Crippen molar-refractivity contribution >= 4 is 5.69 Å². The molecule has 2 atom stereocenters. The zero-order valence-corrected chi connectivity index (χ0v) is 11.1. The molecule has 0 aliphatic carbocycles. The van der Waals surface area contributed by atoms with Gasteiger partial charge in [-0.2, -0.15) is 0 Å². The van der Waals surface area contributed by atoms with Gasteiger partial charge in [-0.3, -0.25) is 15.0 Å². The van der Waals surface area contributed by atoms with Crippen molar-refractivity contribution in [1.29, 1.82) is 0 Å². The van der Waals surface area contributed by atoms with Crippen molar-refractivity contribution in [2.45, 2.75) is 32.5 Å². The zero-order valence-electron chi connectivity index (χ0n) is 11.1. The first-order chi connectivity index (χ1) is 8.94. The molecule has 1 heterocycles. The first kappa shape index (κ1) is 13.9. The van der Waals surface area contributed by atoms with Gasteiger partial charge < -0.3 is 5.32 Å². The maximum Gasteiger partial charge on any atom is 0.272 e. The number of nitrogens with one attached hydrogen (secondary N) is 1. The number of piperazine rings is 1. The third-order valence-corrected chi connectivity index (χ3v) is 3.19. The molecule has 1 N–H and O–H groups in total. The molecule has 5 nitrogen and oxygen atoms in total. The Morgan fingerprint density at radius 2 is 2.00 bits per heavy atom. The van der Waals surface area contributed by atoms with E-state index >= 15 is 0 Å². The lowest BCUT2D eigenvalue weighted by Gasteiger charge is -2.36. The Bertz CT molecular complexity index is 471. The van der Waals surface area contributed by atoms with E-state index in [4.69, 9.17) is 0 Å². The number of benzene rings is 1. The van der Waals surface area contributed by atoms with Crippen LogP contribution in [0.5, 0.6) is 0 Å². The average Bonchev–Trinajstić information content (AvgIpc) is 2.26. The number of rotatable bonds is 3. The number of halogens is 1.